The Morgan fingerprint density at radius 3 is 2.65 bits per heavy atom. The van der Waals surface area contributed by atoms with E-state index in [2.05, 4.69) is 14.8 Å². The maximum Gasteiger partial charge on any atom is 0.410 e. The van der Waals surface area contributed by atoms with Crippen LogP contribution < -0.4 is 5.73 Å². The van der Waals surface area contributed by atoms with Crippen LogP contribution in [0.4, 0.5) is 4.79 Å². The molecule has 0 aromatic carbocycles. The van der Waals surface area contributed by atoms with Gasteiger partial charge in [-0.05, 0) is 33.6 Å². The predicted octanol–water partition coefficient (Wildman–Crippen LogP) is 0.993. The van der Waals surface area contributed by atoms with Crippen molar-refractivity contribution in [2.24, 2.45) is 5.73 Å². The number of nitrogens with zero attached hydrogens (tertiary/aromatic N) is 4. The van der Waals surface area contributed by atoms with Gasteiger partial charge in [0.2, 0.25) is 0 Å². The van der Waals surface area contributed by atoms with Crippen LogP contribution in [-0.4, -0.2) is 51.1 Å². The topological polar surface area (TPSA) is 95.5 Å². The van der Waals surface area contributed by atoms with Gasteiger partial charge in [-0.15, -0.1) is 10.2 Å². The lowest BCUT2D eigenvalue weighted by molar-refractivity contribution is -0.0386. The third-order valence-electron chi connectivity index (χ3n) is 4.40. The molecule has 0 bridgehead atoms. The Hall–Kier alpha value is -1.67. The molecule has 0 aliphatic carbocycles. The van der Waals surface area contributed by atoms with Crippen LogP contribution in [0, 0.1) is 0 Å². The summed E-state index contributed by atoms with van der Waals surface area (Å²) in [6, 6.07) is 0. The van der Waals surface area contributed by atoms with Crippen LogP contribution in [0.2, 0.25) is 0 Å². The number of amides is 1. The Morgan fingerprint density at radius 1 is 1.35 bits per heavy atom. The minimum atomic E-state index is -0.478. The molecule has 2 N–H and O–H groups in total. The molecule has 23 heavy (non-hydrogen) atoms. The normalized spacial score (nSPS) is 20.4. The van der Waals surface area contributed by atoms with Gasteiger partial charge in [-0.25, -0.2) is 4.79 Å². The molecule has 2 aliphatic rings. The number of carbonyl (C=O) groups is 1. The molecular formula is C15H25N5O3. The molecule has 1 fully saturated rings. The van der Waals surface area contributed by atoms with Gasteiger partial charge in [-0.1, -0.05) is 0 Å². The molecule has 0 unspecified atom stereocenters. The Balaban J connectivity index is 1.74. The molecule has 0 atom stereocenters. The van der Waals surface area contributed by atoms with Crippen molar-refractivity contribution in [1.29, 1.82) is 0 Å². The quantitative estimate of drug-likeness (QED) is 0.828. The summed E-state index contributed by atoms with van der Waals surface area (Å²) in [5.74, 6) is 1.61. The van der Waals surface area contributed by atoms with Crippen molar-refractivity contribution >= 4 is 6.09 Å². The highest BCUT2D eigenvalue weighted by molar-refractivity contribution is 5.68. The van der Waals surface area contributed by atoms with Crippen molar-refractivity contribution in [3.05, 3.63) is 11.6 Å². The molecule has 1 saturated heterocycles. The van der Waals surface area contributed by atoms with Crippen LogP contribution in [0.5, 0.6) is 0 Å². The number of rotatable bonds is 1. The first-order chi connectivity index (χ1) is 10.8. The minimum absolute atomic E-state index is 0.204. The number of fused-ring (bicyclic) bond motifs is 2. The van der Waals surface area contributed by atoms with E-state index in [-0.39, 0.29) is 11.6 Å². The van der Waals surface area contributed by atoms with E-state index in [0.717, 1.165) is 24.5 Å². The summed E-state index contributed by atoms with van der Waals surface area (Å²) in [5.41, 5.74) is 5.12. The zero-order valence-corrected chi connectivity index (χ0v) is 14.0. The van der Waals surface area contributed by atoms with Gasteiger partial charge in [-0.2, -0.15) is 0 Å². The van der Waals surface area contributed by atoms with Crippen LogP contribution in [-0.2, 0) is 28.2 Å². The number of nitrogens with two attached hydrogens (primary N) is 1. The molecule has 1 aromatic rings. The van der Waals surface area contributed by atoms with Crippen molar-refractivity contribution < 1.29 is 14.3 Å². The second kappa shape index (κ2) is 5.76. The molecule has 0 saturated carbocycles. The molecule has 128 valence electrons. The second-order valence-electron chi connectivity index (χ2n) is 7.26. The van der Waals surface area contributed by atoms with E-state index in [1.807, 2.05) is 20.8 Å². The summed E-state index contributed by atoms with van der Waals surface area (Å²) in [5, 5.41) is 8.35. The van der Waals surface area contributed by atoms with Gasteiger partial charge >= 0.3 is 6.09 Å². The van der Waals surface area contributed by atoms with E-state index in [1.165, 1.54) is 0 Å². The molecule has 3 heterocycles. The number of piperidine rings is 1. The zero-order valence-electron chi connectivity index (χ0n) is 14.0. The second-order valence-corrected chi connectivity index (χ2v) is 7.26. The molecule has 8 nitrogen and oxygen atoms in total. The number of carbonyl (C=O) groups excluding carboxylic acids is 1. The number of ether oxygens (including phenoxy) is 2. The number of hydrogen-bond donors (Lipinski definition) is 1. The summed E-state index contributed by atoms with van der Waals surface area (Å²) in [6.07, 6.45) is 1.31. The third kappa shape index (κ3) is 3.05. The number of aromatic nitrogens is 3. The first-order valence-corrected chi connectivity index (χ1v) is 8.04. The van der Waals surface area contributed by atoms with Gasteiger partial charge in [0, 0.05) is 13.1 Å². The minimum Gasteiger partial charge on any atom is -0.444 e. The van der Waals surface area contributed by atoms with Gasteiger partial charge in [0.1, 0.15) is 18.0 Å². The predicted molar refractivity (Wildman–Crippen MR) is 82.6 cm³/mol. The average molecular weight is 323 g/mol. The molecule has 1 aromatic heterocycles. The van der Waals surface area contributed by atoms with Crippen LogP contribution in [0.25, 0.3) is 0 Å². The van der Waals surface area contributed by atoms with E-state index in [1.54, 1.807) is 4.90 Å². The Labute approximate surface area is 135 Å². The average Bonchev–Trinajstić information content (AvgIpc) is 2.91. The summed E-state index contributed by atoms with van der Waals surface area (Å²) >= 11 is 0. The summed E-state index contributed by atoms with van der Waals surface area (Å²) < 4.78 is 13.3. The first kappa shape index (κ1) is 16.2. The zero-order chi connectivity index (χ0) is 16.7. The monoisotopic (exact) mass is 323 g/mol. The largest absolute Gasteiger partial charge is 0.444 e. The van der Waals surface area contributed by atoms with E-state index >= 15 is 0 Å². The fourth-order valence-corrected chi connectivity index (χ4v) is 3.32. The summed E-state index contributed by atoms with van der Waals surface area (Å²) in [4.78, 5) is 14.0. The van der Waals surface area contributed by atoms with Crippen molar-refractivity contribution in [2.45, 2.75) is 57.9 Å². The highest BCUT2D eigenvalue weighted by Gasteiger charge is 2.43. The standard InChI is InChI=1S/C15H25N5O3/c1-14(2,3)23-13(21)19-6-4-15(5-7-19)10-22-9-12-18-17-11(8-16)20(12)15/h4-10,16H2,1-3H3. The van der Waals surface area contributed by atoms with Gasteiger partial charge in [0.25, 0.3) is 0 Å². The lowest BCUT2D eigenvalue weighted by Gasteiger charge is -2.45. The van der Waals surface area contributed by atoms with Crippen molar-refractivity contribution in [3.8, 4) is 0 Å². The van der Waals surface area contributed by atoms with E-state index in [0.29, 0.717) is 32.8 Å². The molecular weight excluding hydrogens is 298 g/mol. The SMILES string of the molecule is CC(C)(C)OC(=O)N1CCC2(CC1)COCc1nnc(CN)n12. The Kier molecular flexibility index (Phi) is 4.05. The maximum atomic E-state index is 12.2. The van der Waals surface area contributed by atoms with Gasteiger partial charge < -0.3 is 24.7 Å². The number of likely N-dealkylation sites (tertiary alicyclic amines) is 1. The van der Waals surface area contributed by atoms with Crippen LogP contribution >= 0.6 is 0 Å². The van der Waals surface area contributed by atoms with Gasteiger partial charge in [0.05, 0.1) is 18.7 Å². The lowest BCUT2D eigenvalue weighted by Crippen LogP contribution is -2.53. The van der Waals surface area contributed by atoms with Crippen LogP contribution in [0.1, 0.15) is 45.3 Å². The maximum absolute atomic E-state index is 12.2. The molecule has 0 radical (unpaired) electrons. The van der Waals surface area contributed by atoms with Crippen LogP contribution in [0.3, 0.4) is 0 Å². The molecule has 3 rings (SSSR count). The summed E-state index contributed by atoms with van der Waals surface area (Å²) in [7, 11) is 0. The van der Waals surface area contributed by atoms with E-state index in [4.69, 9.17) is 15.2 Å². The van der Waals surface area contributed by atoms with E-state index in [9.17, 15) is 4.79 Å². The fraction of sp³-hybridized carbons (Fsp3) is 0.800. The van der Waals surface area contributed by atoms with Crippen LogP contribution in [0.15, 0.2) is 0 Å². The van der Waals surface area contributed by atoms with Gasteiger partial charge in [-0.3, -0.25) is 0 Å². The van der Waals surface area contributed by atoms with Gasteiger partial charge in [0.15, 0.2) is 5.82 Å². The number of hydrogen-bond acceptors (Lipinski definition) is 6. The molecule has 2 aliphatic heterocycles. The van der Waals surface area contributed by atoms with Crippen molar-refractivity contribution in [1.82, 2.24) is 19.7 Å². The molecule has 8 heteroatoms. The smallest absolute Gasteiger partial charge is 0.410 e. The first-order valence-electron chi connectivity index (χ1n) is 8.04. The van der Waals surface area contributed by atoms with Crippen molar-refractivity contribution in [2.75, 3.05) is 19.7 Å². The van der Waals surface area contributed by atoms with Crippen molar-refractivity contribution in [3.63, 3.8) is 0 Å². The fourth-order valence-electron chi connectivity index (χ4n) is 3.32. The lowest BCUT2D eigenvalue weighted by atomic mass is 9.87. The highest BCUT2D eigenvalue weighted by Crippen LogP contribution is 2.36. The Morgan fingerprint density at radius 2 is 2.04 bits per heavy atom. The Bertz CT molecular complexity index is 571. The molecule has 1 spiro atoms. The third-order valence-corrected chi connectivity index (χ3v) is 4.40. The van der Waals surface area contributed by atoms with E-state index < -0.39 is 5.60 Å². The highest BCUT2D eigenvalue weighted by atomic mass is 16.6. The summed E-state index contributed by atoms with van der Waals surface area (Å²) in [6.45, 7) is 8.30. The molecule has 1 amide bonds.